The predicted molar refractivity (Wildman–Crippen MR) is 105 cm³/mol. The Hall–Kier alpha value is -1.45. The molecule has 28 heavy (non-hydrogen) atoms. The maximum absolute atomic E-state index is 13.0. The Balaban J connectivity index is 1.58. The first-order valence-corrected chi connectivity index (χ1v) is 11.6. The van der Waals surface area contributed by atoms with Gasteiger partial charge in [0.2, 0.25) is 15.9 Å². The summed E-state index contributed by atoms with van der Waals surface area (Å²) in [6, 6.07) is 0. The number of carbonyl (C=O) groups is 1. The molecule has 1 unspecified atom stereocenters. The normalized spacial score (nSPS) is 21.8. The minimum absolute atomic E-state index is 0.0721. The average molecular weight is 413 g/mol. The Morgan fingerprint density at radius 3 is 2.25 bits per heavy atom. The van der Waals surface area contributed by atoms with E-state index in [4.69, 9.17) is 4.52 Å². The van der Waals surface area contributed by atoms with Crippen molar-refractivity contribution in [3.8, 4) is 0 Å². The van der Waals surface area contributed by atoms with Crippen LogP contribution in [0.4, 0.5) is 0 Å². The lowest BCUT2D eigenvalue weighted by Crippen LogP contribution is -2.51. The molecule has 0 bridgehead atoms. The summed E-state index contributed by atoms with van der Waals surface area (Å²) >= 11 is 0. The van der Waals surface area contributed by atoms with Crippen LogP contribution in [0.25, 0.3) is 0 Å². The summed E-state index contributed by atoms with van der Waals surface area (Å²) in [5.41, 5.74) is 0.398. The Labute approximate surface area is 167 Å². The summed E-state index contributed by atoms with van der Waals surface area (Å²) in [6.07, 6.45) is 1.40. The van der Waals surface area contributed by atoms with Crippen LogP contribution in [0.2, 0.25) is 0 Å². The van der Waals surface area contributed by atoms with Crippen molar-refractivity contribution >= 4 is 15.9 Å². The zero-order chi connectivity index (χ0) is 20.5. The van der Waals surface area contributed by atoms with Crippen LogP contribution in [-0.4, -0.2) is 79.4 Å². The number of likely N-dealkylation sites (N-methyl/N-ethyl adjacent to an activating group) is 1. The van der Waals surface area contributed by atoms with E-state index >= 15 is 0 Å². The molecular weight excluding hydrogens is 380 g/mol. The lowest BCUT2D eigenvalue weighted by atomic mass is 9.85. The number of aromatic nitrogens is 1. The van der Waals surface area contributed by atoms with Gasteiger partial charge in [-0.1, -0.05) is 19.0 Å². The number of piperidine rings is 1. The molecule has 1 atom stereocenters. The average Bonchev–Trinajstić information content (AvgIpc) is 3.06. The van der Waals surface area contributed by atoms with Crippen LogP contribution in [-0.2, 0) is 14.8 Å². The van der Waals surface area contributed by atoms with Crippen molar-refractivity contribution in [2.45, 2.75) is 45.4 Å². The van der Waals surface area contributed by atoms with Gasteiger partial charge in [0.25, 0.3) is 0 Å². The minimum Gasteiger partial charge on any atom is -0.360 e. The number of rotatable bonds is 5. The highest BCUT2D eigenvalue weighted by molar-refractivity contribution is 7.89. The smallest absolute Gasteiger partial charge is 0.248 e. The van der Waals surface area contributed by atoms with Gasteiger partial charge < -0.3 is 14.3 Å². The molecule has 3 heterocycles. The Kier molecular flexibility index (Phi) is 6.46. The summed E-state index contributed by atoms with van der Waals surface area (Å²) in [7, 11) is -3.60. The van der Waals surface area contributed by atoms with Crippen molar-refractivity contribution in [3.05, 3.63) is 11.5 Å². The number of piperazine rings is 1. The number of nitrogens with zero attached hydrogens (tertiary/aromatic N) is 4. The van der Waals surface area contributed by atoms with Crippen LogP contribution >= 0.6 is 0 Å². The number of sulfonamides is 1. The molecule has 158 valence electrons. The van der Waals surface area contributed by atoms with E-state index < -0.39 is 10.0 Å². The maximum atomic E-state index is 13.0. The van der Waals surface area contributed by atoms with E-state index in [0.29, 0.717) is 37.4 Å². The first-order chi connectivity index (χ1) is 13.3. The number of hydrogen-bond acceptors (Lipinski definition) is 6. The highest BCUT2D eigenvalue weighted by atomic mass is 32.2. The van der Waals surface area contributed by atoms with Crippen LogP contribution in [0.1, 0.15) is 38.1 Å². The van der Waals surface area contributed by atoms with Gasteiger partial charge in [-0.3, -0.25) is 4.79 Å². The molecule has 9 heteroatoms. The van der Waals surface area contributed by atoms with E-state index in [2.05, 4.69) is 17.0 Å². The predicted octanol–water partition coefficient (Wildman–Crippen LogP) is 1.49. The van der Waals surface area contributed by atoms with Crippen molar-refractivity contribution in [1.29, 1.82) is 0 Å². The molecular formula is C19H32N4O4S. The summed E-state index contributed by atoms with van der Waals surface area (Å²) < 4.78 is 32.4. The van der Waals surface area contributed by atoms with Gasteiger partial charge in [0.15, 0.2) is 5.76 Å². The molecule has 0 aliphatic carbocycles. The van der Waals surface area contributed by atoms with Crippen LogP contribution < -0.4 is 0 Å². The summed E-state index contributed by atoms with van der Waals surface area (Å²) in [4.78, 5) is 17.4. The minimum atomic E-state index is -3.60. The Morgan fingerprint density at radius 1 is 1.14 bits per heavy atom. The third-order valence-corrected chi connectivity index (χ3v) is 8.44. The molecule has 2 aliphatic heterocycles. The van der Waals surface area contributed by atoms with E-state index in [-0.39, 0.29) is 22.6 Å². The molecule has 2 saturated heterocycles. The van der Waals surface area contributed by atoms with E-state index in [0.717, 1.165) is 32.7 Å². The van der Waals surface area contributed by atoms with Gasteiger partial charge in [-0.2, -0.15) is 4.31 Å². The Bertz CT molecular complexity index is 771. The number of carbonyl (C=O) groups excluding carboxylic acids is 1. The maximum Gasteiger partial charge on any atom is 0.248 e. The van der Waals surface area contributed by atoms with Crippen molar-refractivity contribution in [3.63, 3.8) is 0 Å². The zero-order valence-corrected chi connectivity index (χ0v) is 18.2. The lowest BCUT2D eigenvalue weighted by molar-refractivity contribution is -0.139. The molecule has 1 aromatic rings. The molecule has 1 amide bonds. The SMILES string of the molecule is CCN1CCN(C(=O)C(C)C2CCN(S(=O)(=O)c3c(C)noc3C)CC2)CC1. The molecule has 1 aromatic heterocycles. The molecule has 2 aliphatic rings. The van der Waals surface area contributed by atoms with Crippen molar-refractivity contribution < 1.29 is 17.7 Å². The number of aryl methyl sites for hydroxylation is 2. The fraction of sp³-hybridized carbons (Fsp3) is 0.789. The van der Waals surface area contributed by atoms with Crippen LogP contribution in [0, 0.1) is 25.7 Å². The second-order valence-corrected chi connectivity index (χ2v) is 9.82. The Morgan fingerprint density at radius 2 is 1.75 bits per heavy atom. The van der Waals surface area contributed by atoms with Gasteiger partial charge >= 0.3 is 0 Å². The molecule has 3 rings (SSSR count). The monoisotopic (exact) mass is 412 g/mol. The largest absolute Gasteiger partial charge is 0.360 e. The van der Waals surface area contributed by atoms with Gasteiger partial charge in [0.1, 0.15) is 10.6 Å². The molecule has 0 aromatic carbocycles. The fourth-order valence-electron chi connectivity index (χ4n) is 4.36. The van der Waals surface area contributed by atoms with Gasteiger partial charge in [-0.15, -0.1) is 0 Å². The van der Waals surface area contributed by atoms with Crippen molar-refractivity contribution in [2.24, 2.45) is 11.8 Å². The van der Waals surface area contributed by atoms with E-state index in [1.165, 1.54) is 4.31 Å². The molecule has 0 spiro atoms. The van der Waals surface area contributed by atoms with E-state index in [9.17, 15) is 13.2 Å². The summed E-state index contributed by atoms with van der Waals surface area (Å²) in [6.45, 7) is 12.7. The molecule has 0 radical (unpaired) electrons. The van der Waals surface area contributed by atoms with E-state index in [1.54, 1.807) is 13.8 Å². The zero-order valence-electron chi connectivity index (χ0n) is 17.3. The third-order valence-electron chi connectivity index (χ3n) is 6.29. The molecule has 8 nitrogen and oxygen atoms in total. The fourth-order valence-corrected chi connectivity index (χ4v) is 6.12. The van der Waals surface area contributed by atoms with Crippen molar-refractivity contribution in [1.82, 2.24) is 19.3 Å². The van der Waals surface area contributed by atoms with Crippen LogP contribution in [0.5, 0.6) is 0 Å². The number of hydrogen-bond donors (Lipinski definition) is 0. The third kappa shape index (κ3) is 4.11. The standard InChI is InChI=1S/C19H32N4O4S/c1-5-21-10-12-22(13-11-21)19(24)14(2)17-6-8-23(9-7-17)28(25,26)18-15(3)20-27-16(18)4/h14,17H,5-13H2,1-4H3. The lowest BCUT2D eigenvalue weighted by Gasteiger charge is -2.38. The van der Waals surface area contributed by atoms with Crippen LogP contribution in [0.3, 0.4) is 0 Å². The summed E-state index contributed by atoms with van der Waals surface area (Å²) in [5, 5.41) is 3.77. The second kappa shape index (κ2) is 8.51. The van der Waals surface area contributed by atoms with Gasteiger partial charge in [0.05, 0.1) is 0 Å². The quantitative estimate of drug-likeness (QED) is 0.728. The van der Waals surface area contributed by atoms with Crippen LogP contribution in [0.15, 0.2) is 9.42 Å². The number of amides is 1. The van der Waals surface area contributed by atoms with E-state index in [1.807, 2.05) is 11.8 Å². The first kappa shape index (κ1) is 21.3. The summed E-state index contributed by atoms with van der Waals surface area (Å²) in [5.74, 6) is 0.682. The first-order valence-electron chi connectivity index (χ1n) is 10.2. The molecule has 0 N–H and O–H groups in total. The highest BCUT2D eigenvalue weighted by Gasteiger charge is 2.37. The topological polar surface area (TPSA) is 87.0 Å². The van der Waals surface area contributed by atoms with Gasteiger partial charge in [-0.05, 0) is 39.2 Å². The highest BCUT2D eigenvalue weighted by Crippen LogP contribution is 2.31. The van der Waals surface area contributed by atoms with Gasteiger partial charge in [0, 0.05) is 45.2 Å². The molecule has 2 fully saturated rings. The van der Waals surface area contributed by atoms with Gasteiger partial charge in [-0.25, -0.2) is 8.42 Å². The second-order valence-electron chi connectivity index (χ2n) is 7.94. The molecule has 0 saturated carbocycles. The van der Waals surface area contributed by atoms with Crippen molar-refractivity contribution in [2.75, 3.05) is 45.8 Å².